The lowest BCUT2D eigenvalue weighted by molar-refractivity contribution is 0.998. The minimum Gasteiger partial charge on any atom is -0.396 e. The van der Waals surface area contributed by atoms with E-state index in [1.165, 1.54) is 0 Å². The van der Waals surface area contributed by atoms with Crippen molar-refractivity contribution in [3.05, 3.63) is 35.0 Å². The molecule has 4 nitrogen and oxygen atoms in total. The summed E-state index contributed by atoms with van der Waals surface area (Å²) in [5.41, 5.74) is 7.35. The molecule has 0 saturated carbocycles. The first-order chi connectivity index (χ1) is 7.36. The first-order valence-corrected chi connectivity index (χ1v) is 5.56. The van der Waals surface area contributed by atoms with Crippen LogP contribution >= 0.6 is 11.3 Å². The normalized spacial score (nSPS) is 10.1. The molecule has 0 aliphatic heterocycles. The van der Waals surface area contributed by atoms with Crippen molar-refractivity contribution in [1.82, 2.24) is 9.97 Å². The van der Waals surface area contributed by atoms with Crippen LogP contribution in [0.2, 0.25) is 0 Å². The van der Waals surface area contributed by atoms with Gasteiger partial charge in [-0.25, -0.2) is 4.98 Å². The van der Waals surface area contributed by atoms with Crippen LogP contribution in [0.1, 0.15) is 5.01 Å². The Morgan fingerprint density at radius 1 is 1.40 bits per heavy atom. The van der Waals surface area contributed by atoms with Gasteiger partial charge in [0.15, 0.2) is 0 Å². The summed E-state index contributed by atoms with van der Waals surface area (Å²) in [7, 11) is 0. The average molecular weight is 220 g/mol. The van der Waals surface area contributed by atoms with Gasteiger partial charge in [-0.2, -0.15) is 0 Å². The quantitative estimate of drug-likeness (QED) is 0.824. The Labute approximate surface area is 92.2 Å². The second kappa shape index (κ2) is 4.75. The van der Waals surface area contributed by atoms with E-state index >= 15 is 0 Å². The van der Waals surface area contributed by atoms with Gasteiger partial charge in [0.2, 0.25) is 0 Å². The molecule has 15 heavy (non-hydrogen) atoms. The first kappa shape index (κ1) is 9.92. The third-order valence-corrected chi connectivity index (χ3v) is 2.83. The number of pyridine rings is 1. The summed E-state index contributed by atoms with van der Waals surface area (Å²) in [4.78, 5) is 8.13. The zero-order valence-corrected chi connectivity index (χ0v) is 9.00. The molecule has 2 aromatic heterocycles. The number of hydrogen-bond donors (Lipinski definition) is 2. The number of hydrogen-bond acceptors (Lipinski definition) is 5. The van der Waals surface area contributed by atoms with E-state index in [2.05, 4.69) is 15.3 Å². The summed E-state index contributed by atoms with van der Waals surface area (Å²) >= 11 is 1.67. The third-order valence-electron chi connectivity index (χ3n) is 1.99. The molecular formula is C10H12N4S. The van der Waals surface area contributed by atoms with E-state index in [1.54, 1.807) is 23.7 Å². The molecule has 0 aliphatic carbocycles. The van der Waals surface area contributed by atoms with Crippen LogP contribution in [-0.2, 0) is 6.42 Å². The smallest absolute Gasteiger partial charge is 0.0942 e. The van der Waals surface area contributed by atoms with E-state index in [9.17, 15) is 0 Å². The van der Waals surface area contributed by atoms with Crippen molar-refractivity contribution in [3.63, 3.8) is 0 Å². The highest BCUT2D eigenvalue weighted by molar-refractivity contribution is 7.09. The Kier molecular flexibility index (Phi) is 3.14. The fraction of sp³-hybridized carbons (Fsp3) is 0.200. The summed E-state index contributed by atoms with van der Waals surface area (Å²) in [6, 6.07) is 1.87. The van der Waals surface area contributed by atoms with Crippen LogP contribution in [0.3, 0.4) is 0 Å². The Morgan fingerprint density at radius 2 is 2.33 bits per heavy atom. The molecule has 0 atom stereocenters. The van der Waals surface area contributed by atoms with Crippen molar-refractivity contribution in [2.75, 3.05) is 17.6 Å². The van der Waals surface area contributed by atoms with Gasteiger partial charge in [-0.05, 0) is 6.07 Å². The molecule has 2 heterocycles. The van der Waals surface area contributed by atoms with Crippen molar-refractivity contribution in [3.8, 4) is 0 Å². The number of nitrogens with two attached hydrogens (primary N) is 1. The van der Waals surface area contributed by atoms with Crippen molar-refractivity contribution in [2.45, 2.75) is 6.42 Å². The Morgan fingerprint density at radius 3 is 3.07 bits per heavy atom. The predicted molar refractivity (Wildman–Crippen MR) is 63.0 cm³/mol. The third kappa shape index (κ3) is 2.66. The van der Waals surface area contributed by atoms with Gasteiger partial charge >= 0.3 is 0 Å². The predicted octanol–water partition coefficient (Wildman–Crippen LogP) is 1.77. The number of nitrogen functional groups attached to an aromatic ring is 1. The van der Waals surface area contributed by atoms with Crippen LogP contribution < -0.4 is 11.1 Å². The lowest BCUT2D eigenvalue weighted by Gasteiger charge is -2.06. The maximum atomic E-state index is 5.74. The lowest BCUT2D eigenvalue weighted by atomic mass is 10.3. The maximum Gasteiger partial charge on any atom is 0.0942 e. The van der Waals surface area contributed by atoms with Crippen LogP contribution in [0.15, 0.2) is 30.0 Å². The number of anilines is 2. The Bertz CT molecular complexity index is 413. The number of aromatic nitrogens is 2. The zero-order valence-electron chi connectivity index (χ0n) is 8.18. The number of rotatable bonds is 4. The van der Waals surface area contributed by atoms with Crippen LogP contribution in [0.4, 0.5) is 11.4 Å². The molecule has 0 aliphatic rings. The van der Waals surface area contributed by atoms with Crippen molar-refractivity contribution in [2.24, 2.45) is 0 Å². The second-order valence-corrected chi connectivity index (χ2v) is 4.04. The molecule has 0 saturated heterocycles. The molecule has 0 radical (unpaired) electrons. The fourth-order valence-corrected chi connectivity index (χ4v) is 1.87. The van der Waals surface area contributed by atoms with E-state index in [-0.39, 0.29) is 0 Å². The first-order valence-electron chi connectivity index (χ1n) is 4.68. The van der Waals surface area contributed by atoms with E-state index < -0.39 is 0 Å². The average Bonchev–Trinajstić information content (AvgIpc) is 2.74. The van der Waals surface area contributed by atoms with Gasteiger partial charge in [0.05, 0.1) is 22.6 Å². The minimum absolute atomic E-state index is 0.677. The number of thiazole rings is 1. The van der Waals surface area contributed by atoms with Crippen LogP contribution in [0, 0.1) is 0 Å². The highest BCUT2D eigenvalue weighted by atomic mass is 32.1. The molecule has 0 fully saturated rings. The van der Waals surface area contributed by atoms with Gasteiger partial charge in [-0.15, -0.1) is 11.3 Å². The molecular weight excluding hydrogens is 208 g/mol. The molecule has 78 valence electrons. The van der Waals surface area contributed by atoms with E-state index in [1.807, 2.05) is 17.6 Å². The van der Waals surface area contributed by atoms with Gasteiger partial charge in [0.1, 0.15) is 0 Å². The standard InChI is InChI=1S/C10H12N4S/c11-8-7-12-3-1-9(8)13-4-2-10-14-5-6-15-10/h1,3,5-7H,2,4,11H2,(H,12,13). The SMILES string of the molecule is Nc1cnccc1NCCc1nccs1. The molecule has 0 bridgehead atoms. The minimum atomic E-state index is 0.677. The monoisotopic (exact) mass is 220 g/mol. The van der Waals surface area contributed by atoms with Gasteiger partial charge in [0.25, 0.3) is 0 Å². The highest BCUT2D eigenvalue weighted by Crippen LogP contribution is 2.15. The van der Waals surface area contributed by atoms with Crippen molar-refractivity contribution in [1.29, 1.82) is 0 Å². The molecule has 2 rings (SSSR count). The fourth-order valence-electron chi connectivity index (χ4n) is 1.25. The van der Waals surface area contributed by atoms with Crippen molar-refractivity contribution >= 4 is 22.7 Å². The van der Waals surface area contributed by atoms with Crippen LogP contribution in [-0.4, -0.2) is 16.5 Å². The highest BCUT2D eigenvalue weighted by Gasteiger charge is 1.98. The molecule has 5 heteroatoms. The summed E-state index contributed by atoms with van der Waals surface area (Å²) < 4.78 is 0. The molecule has 0 aromatic carbocycles. The molecule has 2 aromatic rings. The molecule has 3 N–H and O–H groups in total. The number of nitrogens with one attached hydrogen (secondary N) is 1. The van der Waals surface area contributed by atoms with Gasteiger partial charge in [0, 0.05) is 30.7 Å². The Hall–Kier alpha value is -1.62. The van der Waals surface area contributed by atoms with Gasteiger partial charge in [-0.1, -0.05) is 0 Å². The largest absolute Gasteiger partial charge is 0.396 e. The summed E-state index contributed by atoms with van der Waals surface area (Å²) in [6.07, 6.45) is 6.11. The molecule has 0 unspecified atom stereocenters. The second-order valence-electron chi connectivity index (χ2n) is 3.07. The van der Waals surface area contributed by atoms with E-state index in [0.29, 0.717) is 5.69 Å². The van der Waals surface area contributed by atoms with E-state index in [4.69, 9.17) is 5.73 Å². The lowest BCUT2D eigenvalue weighted by Crippen LogP contribution is -2.06. The van der Waals surface area contributed by atoms with Crippen LogP contribution in [0.25, 0.3) is 0 Å². The van der Waals surface area contributed by atoms with E-state index in [0.717, 1.165) is 23.7 Å². The van der Waals surface area contributed by atoms with Crippen LogP contribution in [0.5, 0.6) is 0 Å². The molecule has 0 spiro atoms. The topological polar surface area (TPSA) is 63.8 Å². The van der Waals surface area contributed by atoms with Gasteiger partial charge in [-0.3, -0.25) is 4.98 Å². The zero-order chi connectivity index (χ0) is 10.5. The summed E-state index contributed by atoms with van der Waals surface area (Å²) in [5.74, 6) is 0. The molecule has 0 amide bonds. The summed E-state index contributed by atoms with van der Waals surface area (Å²) in [6.45, 7) is 0.835. The maximum absolute atomic E-state index is 5.74. The number of nitrogens with zero attached hydrogens (tertiary/aromatic N) is 2. The van der Waals surface area contributed by atoms with Gasteiger partial charge < -0.3 is 11.1 Å². The van der Waals surface area contributed by atoms with Crippen molar-refractivity contribution < 1.29 is 0 Å². The Balaban J connectivity index is 1.86. The summed E-state index contributed by atoms with van der Waals surface area (Å²) in [5, 5.41) is 6.37.